The van der Waals surface area contributed by atoms with E-state index >= 15 is 0 Å². The zero-order chi connectivity index (χ0) is 13.9. The quantitative estimate of drug-likeness (QED) is 0.587. The first-order valence-electron chi connectivity index (χ1n) is 6.13. The zero-order valence-electron chi connectivity index (χ0n) is 10.5. The molecule has 96 valence electrons. The lowest BCUT2D eigenvalue weighted by Gasteiger charge is -2.10. The summed E-state index contributed by atoms with van der Waals surface area (Å²) in [5.41, 5.74) is 0.663. The standard InChI is InChI=1S/C17H10INO/c18-13-4-3-5-14(10-13)20-17-9-8-12(11-19)15-6-1-2-7-16(15)17/h1-10H. The Morgan fingerprint density at radius 2 is 1.70 bits per heavy atom. The molecule has 3 aromatic carbocycles. The minimum Gasteiger partial charge on any atom is -0.457 e. The molecule has 0 amide bonds. The smallest absolute Gasteiger partial charge is 0.135 e. The first-order chi connectivity index (χ1) is 9.78. The van der Waals surface area contributed by atoms with Gasteiger partial charge < -0.3 is 4.74 Å². The van der Waals surface area contributed by atoms with Crippen LogP contribution in [0.1, 0.15) is 5.56 Å². The molecule has 0 radical (unpaired) electrons. The monoisotopic (exact) mass is 371 g/mol. The maximum absolute atomic E-state index is 9.16. The van der Waals surface area contributed by atoms with Gasteiger partial charge in [0, 0.05) is 14.3 Å². The van der Waals surface area contributed by atoms with Crippen molar-refractivity contribution in [3.05, 3.63) is 69.8 Å². The third kappa shape index (κ3) is 2.47. The van der Waals surface area contributed by atoms with Crippen molar-refractivity contribution >= 4 is 33.4 Å². The summed E-state index contributed by atoms with van der Waals surface area (Å²) < 4.78 is 7.08. The molecule has 20 heavy (non-hydrogen) atoms. The van der Waals surface area contributed by atoms with E-state index < -0.39 is 0 Å². The lowest BCUT2D eigenvalue weighted by Crippen LogP contribution is -1.88. The minimum absolute atomic E-state index is 0.663. The van der Waals surface area contributed by atoms with E-state index in [1.54, 1.807) is 6.07 Å². The maximum atomic E-state index is 9.16. The number of ether oxygens (including phenoxy) is 1. The first-order valence-corrected chi connectivity index (χ1v) is 7.21. The second-order valence-electron chi connectivity index (χ2n) is 4.33. The molecule has 3 rings (SSSR count). The third-order valence-electron chi connectivity index (χ3n) is 3.03. The number of rotatable bonds is 2. The number of hydrogen-bond donors (Lipinski definition) is 0. The fraction of sp³-hybridized carbons (Fsp3) is 0. The molecule has 0 bridgehead atoms. The predicted molar refractivity (Wildman–Crippen MR) is 87.9 cm³/mol. The molecule has 3 heteroatoms. The molecular formula is C17H10INO. The average Bonchev–Trinajstić information content (AvgIpc) is 2.48. The number of benzene rings is 3. The normalized spacial score (nSPS) is 10.2. The van der Waals surface area contributed by atoms with Crippen LogP contribution in [0.2, 0.25) is 0 Å². The summed E-state index contributed by atoms with van der Waals surface area (Å²) in [5.74, 6) is 1.56. The van der Waals surface area contributed by atoms with Crippen molar-refractivity contribution < 1.29 is 4.74 Å². The summed E-state index contributed by atoms with van der Waals surface area (Å²) in [5, 5.41) is 11.0. The largest absolute Gasteiger partial charge is 0.457 e. The topological polar surface area (TPSA) is 33.0 Å². The van der Waals surface area contributed by atoms with Crippen LogP contribution in [0.25, 0.3) is 10.8 Å². The summed E-state index contributed by atoms with van der Waals surface area (Å²) in [6.45, 7) is 0. The molecule has 2 nitrogen and oxygen atoms in total. The van der Waals surface area contributed by atoms with Gasteiger partial charge in [0.25, 0.3) is 0 Å². The number of nitrogens with zero attached hydrogens (tertiary/aromatic N) is 1. The van der Waals surface area contributed by atoms with Gasteiger partial charge in [0.15, 0.2) is 0 Å². The summed E-state index contributed by atoms with van der Waals surface area (Å²) >= 11 is 2.25. The SMILES string of the molecule is N#Cc1ccc(Oc2cccc(I)c2)c2ccccc12. The molecule has 3 aromatic rings. The van der Waals surface area contributed by atoms with E-state index in [9.17, 15) is 0 Å². The van der Waals surface area contributed by atoms with Gasteiger partial charge in [-0.2, -0.15) is 5.26 Å². The molecule has 0 saturated heterocycles. The highest BCUT2D eigenvalue weighted by Gasteiger charge is 2.07. The van der Waals surface area contributed by atoms with Gasteiger partial charge in [-0.1, -0.05) is 30.3 Å². The van der Waals surface area contributed by atoms with Crippen LogP contribution in [-0.4, -0.2) is 0 Å². The zero-order valence-corrected chi connectivity index (χ0v) is 12.7. The fourth-order valence-corrected chi connectivity index (χ4v) is 2.63. The minimum atomic E-state index is 0.663. The Bertz CT molecular complexity index is 821. The van der Waals surface area contributed by atoms with E-state index in [1.807, 2.05) is 54.6 Å². The second kappa shape index (κ2) is 5.51. The first kappa shape index (κ1) is 12.9. The highest BCUT2D eigenvalue weighted by molar-refractivity contribution is 14.1. The molecule has 0 spiro atoms. The van der Waals surface area contributed by atoms with E-state index in [0.717, 1.165) is 25.8 Å². The molecule has 0 unspecified atom stereocenters. The van der Waals surface area contributed by atoms with Gasteiger partial charge in [0.05, 0.1) is 11.6 Å². The Morgan fingerprint density at radius 1 is 0.900 bits per heavy atom. The molecule has 0 aliphatic rings. The van der Waals surface area contributed by atoms with Crippen molar-refractivity contribution in [1.29, 1.82) is 5.26 Å². The summed E-state index contributed by atoms with van der Waals surface area (Å²) in [7, 11) is 0. The summed E-state index contributed by atoms with van der Waals surface area (Å²) in [6.07, 6.45) is 0. The van der Waals surface area contributed by atoms with Crippen LogP contribution in [0.15, 0.2) is 60.7 Å². The molecule has 0 saturated carbocycles. The fourth-order valence-electron chi connectivity index (χ4n) is 2.12. The van der Waals surface area contributed by atoms with Crippen LogP contribution in [0, 0.1) is 14.9 Å². The van der Waals surface area contributed by atoms with Gasteiger partial charge in [-0.05, 0) is 52.9 Å². The van der Waals surface area contributed by atoms with Crippen LogP contribution >= 0.6 is 22.6 Å². The van der Waals surface area contributed by atoms with Gasteiger partial charge in [0.2, 0.25) is 0 Å². The van der Waals surface area contributed by atoms with Gasteiger partial charge in [-0.25, -0.2) is 0 Å². The Morgan fingerprint density at radius 3 is 2.45 bits per heavy atom. The van der Waals surface area contributed by atoms with E-state index in [2.05, 4.69) is 28.7 Å². The van der Waals surface area contributed by atoms with Gasteiger partial charge in [0.1, 0.15) is 11.5 Å². The number of nitriles is 1. The van der Waals surface area contributed by atoms with E-state index in [0.29, 0.717) is 5.56 Å². The van der Waals surface area contributed by atoms with Crippen LogP contribution in [0.4, 0.5) is 0 Å². The van der Waals surface area contributed by atoms with Crippen LogP contribution in [0.3, 0.4) is 0 Å². The Balaban J connectivity index is 2.11. The van der Waals surface area contributed by atoms with Crippen molar-refractivity contribution in [3.8, 4) is 17.6 Å². The summed E-state index contributed by atoms with van der Waals surface area (Å²) in [6, 6.07) is 21.5. The Labute approximate surface area is 130 Å². The van der Waals surface area contributed by atoms with Gasteiger partial charge >= 0.3 is 0 Å². The average molecular weight is 371 g/mol. The third-order valence-corrected chi connectivity index (χ3v) is 3.70. The van der Waals surface area contributed by atoms with Gasteiger partial charge in [-0.3, -0.25) is 0 Å². The van der Waals surface area contributed by atoms with Crippen molar-refractivity contribution in [2.75, 3.05) is 0 Å². The molecular weight excluding hydrogens is 361 g/mol. The maximum Gasteiger partial charge on any atom is 0.135 e. The molecule has 0 fully saturated rings. The van der Waals surface area contributed by atoms with Crippen LogP contribution in [0.5, 0.6) is 11.5 Å². The Hall–Kier alpha value is -2.06. The lowest BCUT2D eigenvalue weighted by molar-refractivity contribution is 0.488. The number of fused-ring (bicyclic) bond motifs is 1. The van der Waals surface area contributed by atoms with E-state index in [1.165, 1.54) is 0 Å². The predicted octanol–water partition coefficient (Wildman–Crippen LogP) is 5.11. The van der Waals surface area contributed by atoms with E-state index in [-0.39, 0.29) is 0 Å². The Kier molecular flexibility index (Phi) is 3.57. The molecule has 0 atom stereocenters. The highest BCUT2D eigenvalue weighted by atomic mass is 127. The summed E-state index contributed by atoms with van der Waals surface area (Å²) in [4.78, 5) is 0. The second-order valence-corrected chi connectivity index (χ2v) is 5.57. The number of halogens is 1. The molecule has 0 heterocycles. The molecule has 0 aliphatic carbocycles. The van der Waals surface area contributed by atoms with Crippen molar-refractivity contribution in [2.45, 2.75) is 0 Å². The van der Waals surface area contributed by atoms with Crippen LogP contribution in [-0.2, 0) is 0 Å². The molecule has 0 aliphatic heterocycles. The van der Waals surface area contributed by atoms with Crippen molar-refractivity contribution in [1.82, 2.24) is 0 Å². The van der Waals surface area contributed by atoms with Crippen LogP contribution < -0.4 is 4.74 Å². The highest BCUT2D eigenvalue weighted by Crippen LogP contribution is 2.32. The molecule has 0 aromatic heterocycles. The van der Waals surface area contributed by atoms with Gasteiger partial charge in [-0.15, -0.1) is 0 Å². The number of hydrogen-bond acceptors (Lipinski definition) is 2. The van der Waals surface area contributed by atoms with Crippen molar-refractivity contribution in [2.24, 2.45) is 0 Å². The molecule has 0 N–H and O–H groups in total. The lowest BCUT2D eigenvalue weighted by atomic mass is 10.0. The van der Waals surface area contributed by atoms with E-state index in [4.69, 9.17) is 10.00 Å². The van der Waals surface area contributed by atoms with Crippen molar-refractivity contribution in [3.63, 3.8) is 0 Å².